The third kappa shape index (κ3) is 27.3. The monoisotopic (exact) mass is 738 g/mol. The molecule has 0 spiro atoms. The minimum atomic E-state index is -0.788. The maximum Gasteiger partial charge on any atom is 0.419 e. The Bertz CT molecular complexity index is 989. The maximum atomic E-state index is 12.5. The Kier molecular flexibility index (Phi) is 24.8. The first kappa shape index (κ1) is 45.6. The molecule has 15 nitrogen and oxygen atoms in total. The van der Waals surface area contributed by atoms with Crippen molar-refractivity contribution < 1.29 is 61.7 Å². The summed E-state index contributed by atoms with van der Waals surface area (Å²) < 4.78 is 60.0. The Hall–Kier alpha value is -2.47. The molecule has 1 rings (SSSR count). The lowest BCUT2D eigenvalue weighted by Gasteiger charge is -2.28. The lowest BCUT2D eigenvalue weighted by molar-refractivity contribution is -0.0249. The van der Waals surface area contributed by atoms with Gasteiger partial charge in [0.1, 0.15) is 23.6 Å². The van der Waals surface area contributed by atoms with Crippen LogP contribution in [0.5, 0.6) is 5.75 Å². The minimum absolute atomic E-state index is 0.0127. The molecule has 50 heavy (non-hydrogen) atoms. The van der Waals surface area contributed by atoms with Crippen LogP contribution in [0.3, 0.4) is 0 Å². The normalized spacial score (nSPS) is 11.8. The molecule has 2 N–H and O–H groups in total. The predicted molar refractivity (Wildman–Crippen MR) is 187 cm³/mol. The molecule has 0 fully saturated rings. The molecule has 1 aromatic rings. The molecule has 290 valence electrons. The highest BCUT2D eigenvalue weighted by Crippen LogP contribution is 2.22. The molecule has 0 heterocycles. The molecule has 2 amide bonds. The van der Waals surface area contributed by atoms with Gasteiger partial charge in [0.05, 0.1) is 112 Å². The molecule has 0 unspecified atom stereocenters. The summed E-state index contributed by atoms with van der Waals surface area (Å²) in [6, 6.07) is 5.07. The van der Waals surface area contributed by atoms with Gasteiger partial charge in [-0.25, -0.2) is 14.5 Å². The Morgan fingerprint density at radius 1 is 0.540 bits per heavy atom. The zero-order chi connectivity index (χ0) is 37.1. The van der Waals surface area contributed by atoms with Crippen molar-refractivity contribution in [2.45, 2.75) is 52.7 Å². The van der Waals surface area contributed by atoms with Crippen molar-refractivity contribution in [3.05, 3.63) is 23.2 Å². The van der Waals surface area contributed by atoms with E-state index >= 15 is 0 Å². The summed E-state index contributed by atoms with van der Waals surface area (Å²) in [5, 5.41) is 0.529. The average molecular weight is 739 g/mol. The molecule has 0 aliphatic rings. The maximum absolute atomic E-state index is 12.5. The van der Waals surface area contributed by atoms with Crippen molar-refractivity contribution in [1.29, 1.82) is 0 Å². The number of hydrogen-bond acceptors (Lipinski definition) is 14. The topological polar surface area (TPSA) is 165 Å². The SMILES string of the molecule is CC(C)(C)OC(=O)N(CCOCCOCCOCCOCCOCCOCCOCCOCCOc1cc(N)cc(Cl)c1)C(=O)OC(C)(C)C. The number of benzene rings is 1. The molecule has 0 aliphatic heterocycles. The Morgan fingerprint density at radius 2 is 0.860 bits per heavy atom. The van der Waals surface area contributed by atoms with Crippen LogP contribution >= 0.6 is 11.6 Å². The fraction of sp³-hybridized carbons (Fsp3) is 0.765. The predicted octanol–water partition coefficient (Wildman–Crippen LogP) is 4.61. The van der Waals surface area contributed by atoms with Crippen LogP contribution in [0.1, 0.15) is 41.5 Å². The first-order chi connectivity index (χ1) is 23.8. The molecule has 0 aliphatic carbocycles. The Balaban J connectivity index is 1.84. The first-order valence-corrected chi connectivity index (χ1v) is 17.2. The number of ether oxygens (including phenoxy) is 11. The number of nitrogens with zero attached hydrogens (tertiary/aromatic N) is 1. The summed E-state index contributed by atoms with van der Waals surface area (Å²) in [6.45, 7) is 17.3. The van der Waals surface area contributed by atoms with Crippen LogP contribution in [-0.2, 0) is 47.4 Å². The second-order valence-corrected chi connectivity index (χ2v) is 13.0. The number of anilines is 1. The molecule has 0 atom stereocenters. The molecule has 0 bridgehead atoms. The van der Waals surface area contributed by atoms with Crippen molar-refractivity contribution in [1.82, 2.24) is 4.90 Å². The number of carbonyl (C=O) groups excluding carboxylic acids is 2. The second kappa shape index (κ2) is 27.2. The van der Waals surface area contributed by atoms with Gasteiger partial charge in [-0.3, -0.25) is 0 Å². The van der Waals surface area contributed by atoms with Gasteiger partial charge in [-0.15, -0.1) is 0 Å². The summed E-state index contributed by atoms with van der Waals surface area (Å²) in [4.78, 5) is 25.8. The van der Waals surface area contributed by atoms with Crippen molar-refractivity contribution in [2.24, 2.45) is 0 Å². The van der Waals surface area contributed by atoms with E-state index in [9.17, 15) is 9.59 Å². The molecular formula is C34H59ClN2O13. The standard InChI is InChI=1S/C34H59ClN2O13/c1-33(2,3)49-31(38)37(32(39)50-34(4,5)6)7-8-40-9-10-41-11-12-42-13-14-43-15-16-44-17-18-45-19-20-46-21-22-47-23-24-48-30-26-28(35)25-29(36)27-30/h25-27H,7-24,36H2,1-6H3. The van der Waals surface area contributed by atoms with Gasteiger partial charge in [-0.1, -0.05) is 11.6 Å². The fourth-order valence-electron chi connectivity index (χ4n) is 3.57. The van der Waals surface area contributed by atoms with Crippen molar-refractivity contribution in [2.75, 3.05) is 125 Å². The molecule has 0 aromatic heterocycles. The highest BCUT2D eigenvalue weighted by atomic mass is 35.5. The van der Waals surface area contributed by atoms with Gasteiger partial charge in [0.25, 0.3) is 0 Å². The van der Waals surface area contributed by atoms with E-state index in [-0.39, 0.29) is 19.8 Å². The summed E-state index contributed by atoms with van der Waals surface area (Å²) >= 11 is 5.94. The zero-order valence-electron chi connectivity index (χ0n) is 30.7. The number of imide groups is 1. The van der Waals surface area contributed by atoms with Crippen molar-refractivity contribution >= 4 is 29.5 Å². The van der Waals surface area contributed by atoms with Crippen molar-refractivity contribution in [3.63, 3.8) is 0 Å². The summed E-state index contributed by atoms with van der Waals surface area (Å²) in [5.41, 5.74) is 4.77. The quantitative estimate of drug-likeness (QED) is 0.0936. The smallest absolute Gasteiger partial charge is 0.419 e. The van der Waals surface area contributed by atoms with Crippen LogP contribution < -0.4 is 10.5 Å². The van der Waals surface area contributed by atoms with E-state index in [1.54, 1.807) is 59.7 Å². The van der Waals surface area contributed by atoms with E-state index < -0.39 is 23.4 Å². The van der Waals surface area contributed by atoms with Gasteiger partial charge in [-0.05, 0) is 53.7 Å². The largest absolute Gasteiger partial charge is 0.491 e. The molecule has 0 radical (unpaired) electrons. The lowest BCUT2D eigenvalue weighted by atomic mass is 10.2. The van der Waals surface area contributed by atoms with E-state index in [2.05, 4.69) is 0 Å². The number of nitrogens with two attached hydrogens (primary N) is 1. The van der Waals surface area contributed by atoms with Crippen LogP contribution in [-0.4, -0.2) is 147 Å². The fourth-order valence-corrected chi connectivity index (χ4v) is 3.81. The van der Waals surface area contributed by atoms with Gasteiger partial charge < -0.3 is 57.8 Å². The Morgan fingerprint density at radius 3 is 1.18 bits per heavy atom. The number of rotatable bonds is 28. The van der Waals surface area contributed by atoms with E-state index in [1.807, 2.05) is 0 Å². The highest BCUT2D eigenvalue weighted by molar-refractivity contribution is 6.31. The number of hydrogen-bond donors (Lipinski definition) is 1. The van der Waals surface area contributed by atoms with E-state index in [4.69, 9.17) is 69.4 Å². The summed E-state index contributed by atoms with van der Waals surface area (Å²) in [7, 11) is 0. The molecule has 0 saturated carbocycles. The summed E-state index contributed by atoms with van der Waals surface area (Å²) in [5.74, 6) is 0.609. The van der Waals surface area contributed by atoms with Gasteiger partial charge >= 0.3 is 12.2 Å². The van der Waals surface area contributed by atoms with Gasteiger partial charge in [0.15, 0.2) is 0 Å². The highest BCUT2D eigenvalue weighted by Gasteiger charge is 2.30. The Labute approximate surface area is 302 Å². The van der Waals surface area contributed by atoms with E-state index in [1.165, 1.54) is 0 Å². The van der Waals surface area contributed by atoms with Crippen LogP contribution in [0.4, 0.5) is 15.3 Å². The van der Waals surface area contributed by atoms with E-state index in [0.29, 0.717) is 116 Å². The minimum Gasteiger partial charge on any atom is -0.491 e. The van der Waals surface area contributed by atoms with Crippen molar-refractivity contribution in [3.8, 4) is 5.75 Å². The number of amides is 2. The molecule has 0 saturated heterocycles. The molecular weight excluding hydrogens is 680 g/mol. The number of nitrogen functional groups attached to an aromatic ring is 1. The van der Waals surface area contributed by atoms with E-state index in [0.717, 1.165) is 4.90 Å². The van der Waals surface area contributed by atoms with Crippen LogP contribution in [0.25, 0.3) is 0 Å². The average Bonchev–Trinajstić information content (AvgIpc) is 3.00. The molecule has 1 aromatic carbocycles. The third-order valence-corrected chi connectivity index (χ3v) is 5.90. The summed E-state index contributed by atoms with van der Waals surface area (Å²) in [6.07, 6.45) is -1.58. The van der Waals surface area contributed by atoms with Gasteiger partial charge in [0, 0.05) is 16.8 Å². The second-order valence-electron chi connectivity index (χ2n) is 12.6. The van der Waals surface area contributed by atoms with Crippen LogP contribution in [0, 0.1) is 0 Å². The first-order valence-electron chi connectivity index (χ1n) is 16.8. The lowest BCUT2D eigenvalue weighted by Crippen LogP contribution is -2.45. The number of halogens is 1. The zero-order valence-corrected chi connectivity index (χ0v) is 31.4. The van der Waals surface area contributed by atoms with Gasteiger partial charge in [0.2, 0.25) is 0 Å². The molecule has 16 heteroatoms. The third-order valence-electron chi connectivity index (χ3n) is 5.68. The number of carbonyl (C=O) groups is 2. The van der Waals surface area contributed by atoms with Crippen LogP contribution in [0.2, 0.25) is 5.02 Å². The van der Waals surface area contributed by atoms with Crippen LogP contribution in [0.15, 0.2) is 18.2 Å². The van der Waals surface area contributed by atoms with Gasteiger partial charge in [-0.2, -0.15) is 0 Å².